The number of aliphatic imine (C=N–C) groups is 1. The second kappa shape index (κ2) is 6.64. The average Bonchev–Trinajstić information content (AvgIpc) is 2.68. The highest BCUT2D eigenvalue weighted by atomic mass is 32.2. The van der Waals surface area contributed by atoms with Gasteiger partial charge in [-0.05, 0) is 19.8 Å². The zero-order chi connectivity index (χ0) is 12.7. The Labute approximate surface area is 103 Å². The fourth-order valence-electron chi connectivity index (χ4n) is 1.57. The summed E-state index contributed by atoms with van der Waals surface area (Å²) in [5.41, 5.74) is 0. The smallest absolute Gasteiger partial charge is 0.191 e. The molecule has 0 amide bonds. The maximum Gasteiger partial charge on any atom is 0.191 e. The second-order valence-corrected chi connectivity index (χ2v) is 6.43. The predicted octanol–water partition coefficient (Wildman–Crippen LogP) is 0.305. The largest absolute Gasteiger partial charge is 0.357 e. The van der Waals surface area contributed by atoms with Crippen molar-refractivity contribution < 1.29 is 8.42 Å². The fraction of sp³-hybridized carbons (Fsp3) is 0.727. The molecule has 1 aliphatic rings. The van der Waals surface area contributed by atoms with Gasteiger partial charge in [0.15, 0.2) is 5.96 Å². The van der Waals surface area contributed by atoms with E-state index in [0.717, 1.165) is 19.4 Å². The zero-order valence-electron chi connectivity index (χ0n) is 10.4. The number of hydrogen-bond acceptors (Lipinski definition) is 3. The monoisotopic (exact) mass is 259 g/mol. The number of guanidine groups is 1. The highest BCUT2D eigenvalue weighted by Crippen LogP contribution is 2.08. The van der Waals surface area contributed by atoms with Crippen molar-refractivity contribution in [2.24, 2.45) is 4.99 Å². The maximum atomic E-state index is 11.0. The number of sulfone groups is 1. The number of rotatable bonds is 5. The highest BCUT2D eigenvalue weighted by molar-refractivity contribution is 7.90. The van der Waals surface area contributed by atoms with Crippen LogP contribution in [0, 0.1) is 0 Å². The molecule has 5 nitrogen and oxygen atoms in total. The van der Waals surface area contributed by atoms with E-state index in [2.05, 4.69) is 27.8 Å². The van der Waals surface area contributed by atoms with Crippen LogP contribution in [0.4, 0.5) is 0 Å². The molecule has 1 rings (SSSR count). The van der Waals surface area contributed by atoms with Crippen LogP contribution in [-0.4, -0.2) is 45.5 Å². The van der Waals surface area contributed by atoms with E-state index in [9.17, 15) is 8.42 Å². The molecule has 0 aromatic heterocycles. The van der Waals surface area contributed by atoms with Gasteiger partial charge in [-0.2, -0.15) is 0 Å². The Morgan fingerprint density at radius 3 is 2.59 bits per heavy atom. The predicted molar refractivity (Wildman–Crippen MR) is 71.0 cm³/mol. The van der Waals surface area contributed by atoms with Gasteiger partial charge in [-0.1, -0.05) is 12.2 Å². The first-order valence-electron chi connectivity index (χ1n) is 5.89. The molecule has 0 fully saturated rings. The van der Waals surface area contributed by atoms with Gasteiger partial charge in [0.25, 0.3) is 0 Å². The van der Waals surface area contributed by atoms with Gasteiger partial charge >= 0.3 is 0 Å². The van der Waals surface area contributed by atoms with E-state index in [0.29, 0.717) is 18.5 Å². The maximum absolute atomic E-state index is 11.0. The van der Waals surface area contributed by atoms with Crippen molar-refractivity contribution in [1.82, 2.24) is 10.6 Å². The lowest BCUT2D eigenvalue weighted by Gasteiger charge is -2.16. The Balaban J connectivity index is 2.43. The Bertz CT molecular complexity index is 380. The molecule has 1 aliphatic carbocycles. The molecule has 0 saturated heterocycles. The minimum atomic E-state index is -2.94. The summed E-state index contributed by atoms with van der Waals surface area (Å²) >= 11 is 0. The van der Waals surface area contributed by atoms with Crippen molar-refractivity contribution in [3.8, 4) is 0 Å². The van der Waals surface area contributed by atoms with Crippen molar-refractivity contribution in [2.75, 3.05) is 25.1 Å². The van der Waals surface area contributed by atoms with E-state index in [-0.39, 0.29) is 5.75 Å². The molecule has 0 spiro atoms. The molecule has 0 unspecified atom stereocenters. The normalized spacial score (nSPS) is 17.4. The van der Waals surface area contributed by atoms with Crippen LogP contribution >= 0.6 is 0 Å². The second-order valence-electron chi connectivity index (χ2n) is 4.17. The van der Waals surface area contributed by atoms with Crippen LogP contribution in [-0.2, 0) is 9.84 Å². The minimum absolute atomic E-state index is 0.0898. The first kappa shape index (κ1) is 14.0. The van der Waals surface area contributed by atoms with Gasteiger partial charge in [-0.3, -0.25) is 4.99 Å². The molecule has 0 saturated carbocycles. The Hall–Kier alpha value is -1.04. The summed E-state index contributed by atoms with van der Waals surface area (Å²) in [4.78, 5) is 4.25. The van der Waals surface area contributed by atoms with Crippen molar-refractivity contribution in [3.63, 3.8) is 0 Å². The molecular formula is C11H21N3O2S. The fourth-order valence-corrected chi connectivity index (χ4v) is 1.99. The highest BCUT2D eigenvalue weighted by Gasteiger charge is 2.11. The minimum Gasteiger partial charge on any atom is -0.357 e. The summed E-state index contributed by atoms with van der Waals surface area (Å²) in [5, 5.41) is 6.40. The van der Waals surface area contributed by atoms with E-state index in [4.69, 9.17) is 0 Å². The number of nitrogens with zero attached hydrogens (tertiary/aromatic N) is 1. The molecule has 0 radical (unpaired) electrons. The first-order valence-corrected chi connectivity index (χ1v) is 7.95. The van der Waals surface area contributed by atoms with Gasteiger partial charge in [0, 0.05) is 18.8 Å². The van der Waals surface area contributed by atoms with E-state index in [1.54, 1.807) is 0 Å². The van der Waals surface area contributed by atoms with Crippen molar-refractivity contribution in [2.45, 2.75) is 25.8 Å². The van der Waals surface area contributed by atoms with Crippen LogP contribution < -0.4 is 10.6 Å². The van der Waals surface area contributed by atoms with Crippen LogP contribution in [0.5, 0.6) is 0 Å². The lowest BCUT2D eigenvalue weighted by molar-refractivity contribution is 0.601. The van der Waals surface area contributed by atoms with Crippen LogP contribution in [0.1, 0.15) is 19.8 Å². The van der Waals surface area contributed by atoms with E-state index >= 15 is 0 Å². The summed E-state index contributed by atoms with van der Waals surface area (Å²) in [6.07, 6.45) is 7.49. The topological polar surface area (TPSA) is 70.6 Å². The molecule has 0 aromatic carbocycles. The number of hydrogen-bond donors (Lipinski definition) is 2. The van der Waals surface area contributed by atoms with Crippen LogP contribution in [0.15, 0.2) is 17.1 Å². The van der Waals surface area contributed by atoms with Crippen LogP contribution in [0.25, 0.3) is 0 Å². The molecule has 2 N–H and O–H groups in total. The SMILES string of the molecule is CCNC(=NCCS(C)(=O)=O)NC1CC=CC1. The summed E-state index contributed by atoms with van der Waals surface area (Å²) in [6, 6.07) is 0.381. The van der Waals surface area contributed by atoms with Gasteiger partial charge in [-0.15, -0.1) is 0 Å². The average molecular weight is 259 g/mol. The molecule has 0 bridgehead atoms. The summed E-state index contributed by atoms with van der Waals surface area (Å²) in [6.45, 7) is 3.06. The van der Waals surface area contributed by atoms with E-state index < -0.39 is 9.84 Å². The van der Waals surface area contributed by atoms with E-state index in [1.807, 2.05) is 6.92 Å². The quantitative estimate of drug-likeness (QED) is 0.423. The molecule has 98 valence electrons. The van der Waals surface area contributed by atoms with Gasteiger partial charge in [0.1, 0.15) is 9.84 Å². The summed E-state index contributed by atoms with van der Waals surface area (Å²) < 4.78 is 22.0. The van der Waals surface area contributed by atoms with Crippen molar-refractivity contribution >= 4 is 15.8 Å². The third-order valence-corrected chi connectivity index (χ3v) is 3.35. The molecule has 0 atom stereocenters. The Kier molecular flexibility index (Phi) is 5.47. The molecule has 17 heavy (non-hydrogen) atoms. The molecule has 6 heteroatoms. The van der Waals surface area contributed by atoms with Crippen molar-refractivity contribution in [1.29, 1.82) is 0 Å². The molecule has 0 aromatic rings. The van der Waals surface area contributed by atoms with E-state index in [1.165, 1.54) is 6.26 Å². The summed E-state index contributed by atoms with van der Waals surface area (Å²) in [5.74, 6) is 0.789. The zero-order valence-corrected chi connectivity index (χ0v) is 11.3. The molecule has 0 heterocycles. The lowest BCUT2D eigenvalue weighted by atomic mass is 10.2. The van der Waals surface area contributed by atoms with Gasteiger partial charge < -0.3 is 10.6 Å². The van der Waals surface area contributed by atoms with Gasteiger partial charge in [0.2, 0.25) is 0 Å². The number of nitrogens with one attached hydrogen (secondary N) is 2. The Morgan fingerprint density at radius 2 is 2.06 bits per heavy atom. The molecule has 0 aliphatic heterocycles. The Morgan fingerprint density at radius 1 is 1.41 bits per heavy atom. The third kappa shape index (κ3) is 6.31. The first-order chi connectivity index (χ1) is 8.01. The van der Waals surface area contributed by atoms with Gasteiger partial charge in [0.05, 0.1) is 12.3 Å². The lowest BCUT2D eigenvalue weighted by Crippen LogP contribution is -2.42. The third-order valence-electron chi connectivity index (χ3n) is 2.42. The molecular weight excluding hydrogens is 238 g/mol. The van der Waals surface area contributed by atoms with Gasteiger partial charge in [-0.25, -0.2) is 8.42 Å². The summed E-state index contributed by atoms with van der Waals surface area (Å²) in [7, 11) is -2.94. The van der Waals surface area contributed by atoms with Crippen LogP contribution in [0.2, 0.25) is 0 Å². The standard InChI is InChI=1S/C11H21N3O2S/c1-3-12-11(13-8-9-17(2,15)16)14-10-6-4-5-7-10/h4-5,10H,3,6-9H2,1-2H3,(H2,12,13,14). The van der Waals surface area contributed by atoms with Crippen molar-refractivity contribution in [3.05, 3.63) is 12.2 Å². The van der Waals surface area contributed by atoms with Crippen LogP contribution in [0.3, 0.4) is 0 Å².